The summed E-state index contributed by atoms with van der Waals surface area (Å²) >= 11 is 5.48. The zero-order valence-electron chi connectivity index (χ0n) is 10.4. The molecule has 0 aromatic carbocycles. The number of likely N-dealkylation sites (tertiary alicyclic amines) is 1. The van der Waals surface area contributed by atoms with Crippen LogP contribution in [-0.4, -0.2) is 30.6 Å². The molecule has 1 saturated heterocycles. The van der Waals surface area contributed by atoms with Crippen molar-refractivity contribution in [2.45, 2.75) is 38.8 Å². The van der Waals surface area contributed by atoms with Gasteiger partial charge in [-0.3, -0.25) is 4.90 Å². The van der Waals surface area contributed by atoms with Gasteiger partial charge in [0.05, 0.1) is 0 Å². The summed E-state index contributed by atoms with van der Waals surface area (Å²) in [5, 5.41) is 5.72. The van der Waals surface area contributed by atoms with E-state index in [1.54, 1.807) is 0 Å². The second-order valence-electron chi connectivity index (χ2n) is 4.66. The van der Waals surface area contributed by atoms with Gasteiger partial charge in [0.15, 0.2) is 0 Å². The van der Waals surface area contributed by atoms with Gasteiger partial charge < -0.3 is 5.32 Å². The van der Waals surface area contributed by atoms with Crippen LogP contribution in [-0.2, 0) is 6.54 Å². The highest BCUT2D eigenvalue weighted by atomic mass is 79.9. The molecule has 1 unspecified atom stereocenters. The van der Waals surface area contributed by atoms with E-state index >= 15 is 0 Å². The molecule has 0 saturated carbocycles. The molecule has 0 amide bonds. The van der Waals surface area contributed by atoms with E-state index in [0.29, 0.717) is 0 Å². The SMILES string of the molecule is CCCNCC1CCCN1Cc1sccc1Br. The van der Waals surface area contributed by atoms with Crippen LogP contribution in [0, 0.1) is 0 Å². The van der Waals surface area contributed by atoms with E-state index in [2.05, 4.69) is 44.5 Å². The van der Waals surface area contributed by atoms with Crippen molar-refractivity contribution in [3.63, 3.8) is 0 Å². The number of rotatable bonds is 6. The summed E-state index contributed by atoms with van der Waals surface area (Å²) in [6.07, 6.45) is 3.92. The summed E-state index contributed by atoms with van der Waals surface area (Å²) in [4.78, 5) is 4.09. The third-order valence-electron chi connectivity index (χ3n) is 3.34. The molecule has 0 radical (unpaired) electrons. The van der Waals surface area contributed by atoms with Crippen LogP contribution in [0.1, 0.15) is 31.1 Å². The van der Waals surface area contributed by atoms with Crippen molar-refractivity contribution in [3.8, 4) is 0 Å². The first-order valence-corrected chi connectivity index (χ1v) is 8.15. The molecule has 2 rings (SSSR count). The average molecular weight is 317 g/mol. The molecule has 4 heteroatoms. The van der Waals surface area contributed by atoms with Gasteiger partial charge in [0, 0.05) is 28.5 Å². The van der Waals surface area contributed by atoms with Crippen molar-refractivity contribution < 1.29 is 0 Å². The van der Waals surface area contributed by atoms with Crippen LogP contribution in [0.2, 0.25) is 0 Å². The molecule has 2 heterocycles. The third-order valence-corrected chi connectivity index (χ3v) is 5.25. The lowest BCUT2D eigenvalue weighted by Gasteiger charge is -2.24. The zero-order chi connectivity index (χ0) is 12.1. The quantitative estimate of drug-likeness (QED) is 0.808. The molecule has 17 heavy (non-hydrogen) atoms. The Morgan fingerprint density at radius 3 is 3.18 bits per heavy atom. The fourth-order valence-electron chi connectivity index (χ4n) is 2.40. The van der Waals surface area contributed by atoms with Gasteiger partial charge >= 0.3 is 0 Å². The second-order valence-corrected chi connectivity index (χ2v) is 6.52. The van der Waals surface area contributed by atoms with Crippen molar-refractivity contribution in [2.24, 2.45) is 0 Å². The monoisotopic (exact) mass is 316 g/mol. The highest BCUT2D eigenvalue weighted by molar-refractivity contribution is 9.10. The summed E-state index contributed by atoms with van der Waals surface area (Å²) in [6.45, 7) is 6.88. The van der Waals surface area contributed by atoms with Crippen molar-refractivity contribution in [3.05, 3.63) is 20.8 Å². The normalized spacial score (nSPS) is 21.2. The summed E-state index contributed by atoms with van der Waals surface area (Å²) in [5.41, 5.74) is 0. The summed E-state index contributed by atoms with van der Waals surface area (Å²) in [6, 6.07) is 2.89. The molecule has 2 nitrogen and oxygen atoms in total. The number of hydrogen-bond acceptors (Lipinski definition) is 3. The Bertz CT molecular complexity index is 340. The van der Waals surface area contributed by atoms with E-state index < -0.39 is 0 Å². The fraction of sp³-hybridized carbons (Fsp3) is 0.692. The maximum Gasteiger partial charge on any atom is 0.0342 e. The molecular formula is C13H21BrN2S. The lowest BCUT2D eigenvalue weighted by Crippen LogP contribution is -2.37. The van der Waals surface area contributed by atoms with Crippen LogP contribution in [0.4, 0.5) is 0 Å². The number of nitrogens with zero attached hydrogens (tertiary/aromatic N) is 1. The largest absolute Gasteiger partial charge is 0.315 e. The Labute approximate surface area is 117 Å². The first-order valence-electron chi connectivity index (χ1n) is 6.48. The molecule has 1 aromatic heterocycles. The molecule has 96 valence electrons. The molecule has 0 aliphatic carbocycles. The minimum atomic E-state index is 0.732. The van der Waals surface area contributed by atoms with Gasteiger partial charge in [-0.1, -0.05) is 6.92 Å². The topological polar surface area (TPSA) is 15.3 Å². The van der Waals surface area contributed by atoms with Crippen molar-refractivity contribution in [2.75, 3.05) is 19.6 Å². The Balaban J connectivity index is 1.84. The summed E-state index contributed by atoms with van der Waals surface area (Å²) in [5.74, 6) is 0. The van der Waals surface area contributed by atoms with Gasteiger partial charge in [-0.2, -0.15) is 0 Å². The van der Waals surface area contributed by atoms with Crippen LogP contribution < -0.4 is 5.32 Å². The van der Waals surface area contributed by atoms with Gasteiger partial charge in [-0.25, -0.2) is 0 Å². The molecular weight excluding hydrogens is 296 g/mol. The Morgan fingerprint density at radius 2 is 2.47 bits per heavy atom. The maximum absolute atomic E-state index is 3.63. The van der Waals surface area contributed by atoms with E-state index in [4.69, 9.17) is 0 Å². The predicted octanol–water partition coefficient (Wildman–Crippen LogP) is 3.47. The molecule has 1 aliphatic rings. The van der Waals surface area contributed by atoms with Gasteiger partial charge in [-0.05, 0) is 59.7 Å². The third kappa shape index (κ3) is 3.78. The Morgan fingerprint density at radius 1 is 1.59 bits per heavy atom. The average Bonchev–Trinajstić information content (AvgIpc) is 2.91. The highest BCUT2D eigenvalue weighted by Crippen LogP contribution is 2.27. The standard InChI is InChI=1S/C13H21BrN2S/c1-2-6-15-9-11-4-3-7-16(11)10-13-12(14)5-8-17-13/h5,8,11,15H,2-4,6-7,9-10H2,1H3. The van der Waals surface area contributed by atoms with E-state index in [1.807, 2.05) is 11.3 Å². The summed E-state index contributed by atoms with van der Waals surface area (Å²) in [7, 11) is 0. The Kier molecular flexibility index (Phi) is 5.48. The molecule has 1 fully saturated rings. The van der Waals surface area contributed by atoms with Crippen LogP contribution in [0.5, 0.6) is 0 Å². The minimum Gasteiger partial charge on any atom is -0.315 e. The second kappa shape index (κ2) is 6.88. The smallest absolute Gasteiger partial charge is 0.0342 e. The molecule has 1 N–H and O–H groups in total. The molecule has 1 aromatic rings. The van der Waals surface area contributed by atoms with Crippen LogP contribution in [0.3, 0.4) is 0 Å². The number of thiophene rings is 1. The van der Waals surface area contributed by atoms with E-state index in [1.165, 1.54) is 35.2 Å². The minimum absolute atomic E-state index is 0.732. The van der Waals surface area contributed by atoms with E-state index in [0.717, 1.165) is 25.7 Å². The lowest BCUT2D eigenvalue weighted by atomic mass is 10.2. The summed E-state index contributed by atoms with van der Waals surface area (Å²) < 4.78 is 1.27. The zero-order valence-corrected chi connectivity index (χ0v) is 12.8. The highest BCUT2D eigenvalue weighted by Gasteiger charge is 2.24. The van der Waals surface area contributed by atoms with E-state index in [-0.39, 0.29) is 0 Å². The van der Waals surface area contributed by atoms with Crippen molar-refractivity contribution in [1.29, 1.82) is 0 Å². The lowest BCUT2D eigenvalue weighted by molar-refractivity contribution is 0.241. The van der Waals surface area contributed by atoms with Crippen LogP contribution in [0.15, 0.2) is 15.9 Å². The number of hydrogen-bond donors (Lipinski definition) is 1. The van der Waals surface area contributed by atoms with E-state index in [9.17, 15) is 0 Å². The first-order chi connectivity index (χ1) is 8.31. The van der Waals surface area contributed by atoms with Crippen LogP contribution >= 0.6 is 27.3 Å². The number of halogens is 1. The van der Waals surface area contributed by atoms with Gasteiger partial charge in [-0.15, -0.1) is 11.3 Å². The maximum atomic E-state index is 3.63. The predicted molar refractivity (Wildman–Crippen MR) is 78.6 cm³/mol. The van der Waals surface area contributed by atoms with Gasteiger partial charge in [0.25, 0.3) is 0 Å². The van der Waals surface area contributed by atoms with Gasteiger partial charge in [0.2, 0.25) is 0 Å². The fourth-order valence-corrected chi connectivity index (χ4v) is 3.90. The molecule has 1 atom stereocenters. The molecule has 0 spiro atoms. The molecule has 0 bridgehead atoms. The first kappa shape index (κ1) is 13.5. The van der Waals surface area contributed by atoms with Crippen molar-refractivity contribution in [1.82, 2.24) is 10.2 Å². The van der Waals surface area contributed by atoms with Crippen LogP contribution in [0.25, 0.3) is 0 Å². The van der Waals surface area contributed by atoms with Gasteiger partial charge in [0.1, 0.15) is 0 Å². The Hall–Kier alpha value is 0.100. The number of nitrogens with one attached hydrogen (secondary N) is 1. The van der Waals surface area contributed by atoms with Crippen molar-refractivity contribution >= 4 is 27.3 Å². The molecule has 1 aliphatic heterocycles.